The molecule has 0 aliphatic carbocycles. The molecule has 1 aliphatic heterocycles. The number of carbonyl (C=O) groups is 2. The number of hydrogen-bond donors (Lipinski definition) is 0. The van der Waals surface area contributed by atoms with Gasteiger partial charge in [-0.15, -0.1) is 0 Å². The fourth-order valence-electron chi connectivity index (χ4n) is 3.09. The number of ether oxygens (including phenoxy) is 4. The minimum absolute atomic E-state index is 0.0156. The molecule has 0 saturated carbocycles. The van der Waals surface area contributed by atoms with Crippen LogP contribution >= 0.6 is 0 Å². The first-order valence-corrected chi connectivity index (χ1v) is 9.79. The molecule has 0 aromatic heterocycles. The van der Waals surface area contributed by atoms with E-state index in [1.165, 1.54) is 0 Å². The van der Waals surface area contributed by atoms with Crippen LogP contribution in [0.15, 0.2) is 18.2 Å². The Kier molecular flexibility index (Phi) is 7.73. The summed E-state index contributed by atoms with van der Waals surface area (Å²) in [6.07, 6.45) is 0.221. The smallest absolute Gasteiger partial charge is 0.410 e. The van der Waals surface area contributed by atoms with Gasteiger partial charge in [0, 0.05) is 12.6 Å². The van der Waals surface area contributed by atoms with E-state index in [0.29, 0.717) is 13.0 Å². The van der Waals surface area contributed by atoms with E-state index >= 15 is 0 Å². The fourth-order valence-corrected chi connectivity index (χ4v) is 3.09. The topological polar surface area (TPSA) is 77.5 Å². The third kappa shape index (κ3) is 6.81. The van der Waals surface area contributed by atoms with Gasteiger partial charge in [-0.1, -0.05) is 6.07 Å². The van der Waals surface area contributed by atoms with Crippen LogP contribution < -0.4 is 9.47 Å². The molecule has 8 nitrogen and oxygen atoms in total. The number of amides is 1. The van der Waals surface area contributed by atoms with Crippen LogP contribution in [0.5, 0.6) is 11.5 Å². The number of rotatable bonds is 9. The van der Waals surface area contributed by atoms with E-state index in [-0.39, 0.29) is 32.0 Å². The summed E-state index contributed by atoms with van der Waals surface area (Å²) in [5.41, 5.74) is 0.147. The maximum Gasteiger partial charge on any atom is 0.410 e. The first-order valence-electron chi connectivity index (χ1n) is 9.79. The van der Waals surface area contributed by atoms with Gasteiger partial charge in [-0.2, -0.15) is 0 Å². The summed E-state index contributed by atoms with van der Waals surface area (Å²) in [5, 5.41) is 0. The van der Waals surface area contributed by atoms with Crippen molar-refractivity contribution < 1.29 is 28.5 Å². The zero-order chi connectivity index (χ0) is 21.6. The van der Waals surface area contributed by atoms with Gasteiger partial charge in [-0.05, 0) is 65.9 Å². The predicted molar refractivity (Wildman–Crippen MR) is 108 cm³/mol. The minimum Gasteiger partial charge on any atom is -0.455 e. The Morgan fingerprint density at radius 2 is 1.90 bits per heavy atom. The van der Waals surface area contributed by atoms with Crippen molar-refractivity contribution in [3.8, 4) is 11.5 Å². The summed E-state index contributed by atoms with van der Waals surface area (Å²) in [6, 6.07) is 5.71. The maximum absolute atomic E-state index is 12.6. The van der Waals surface area contributed by atoms with Crippen LogP contribution in [-0.2, 0) is 20.7 Å². The Bertz CT molecular complexity index is 719. The Balaban J connectivity index is 1.89. The lowest BCUT2D eigenvalue weighted by Gasteiger charge is -2.30. The maximum atomic E-state index is 12.6. The van der Waals surface area contributed by atoms with E-state index in [2.05, 4.69) is 0 Å². The molecule has 162 valence electrons. The highest BCUT2D eigenvalue weighted by Crippen LogP contribution is 2.33. The summed E-state index contributed by atoms with van der Waals surface area (Å²) in [6.45, 7) is 8.21. The Hall–Kier alpha value is -2.48. The van der Waals surface area contributed by atoms with E-state index in [4.69, 9.17) is 18.9 Å². The lowest BCUT2D eigenvalue weighted by Crippen LogP contribution is -2.43. The zero-order valence-electron chi connectivity index (χ0n) is 18.2. The van der Waals surface area contributed by atoms with E-state index < -0.39 is 11.7 Å². The quantitative estimate of drug-likeness (QED) is 0.581. The normalized spacial score (nSPS) is 13.9. The highest BCUT2D eigenvalue weighted by molar-refractivity contribution is 5.72. The number of nitrogens with zero attached hydrogens (tertiary/aromatic N) is 2. The van der Waals surface area contributed by atoms with Gasteiger partial charge in [0.15, 0.2) is 11.5 Å². The third-order valence-electron chi connectivity index (χ3n) is 4.45. The number of benzene rings is 1. The zero-order valence-corrected chi connectivity index (χ0v) is 18.2. The van der Waals surface area contributed by atoms with Gasteiger partial charge >= 0.3 is 12.1 Å². The van der Waals surface area contributed by atoms with Crippen LogP contribution in [0.4, 0.5) is 4.79 Å². The van der Waals surface area contributed by atoms with Crippen molar-refractivity contribution in [1.82, 2.24) is 9.80 Å². The summed E-state index contributed by atoms with van der Waals surface area (Å²) < 4.78 is 21.6. The van der Waals surface area contributed by atoms with Gasteiger partial charge in [0.25, 0.3) is 0 Å². The van der Waals surface area contributed by atoms with Crippen LogP contribution in [0.1, 0.15) is 33.3 Å². The second-order valence-electron chi connectivity index (χ2n) is 8.05. The minimum atomic E-state index is -0.900. The van der Waals surface area contributed by atoms with Gasteiger partial charge in [0.1, 0.15) is 12.2 Å². The molecule has 0 saturated heterocycles. The predicted octanol–water partition coefficient (Wildman–Crippen LogP) is 2.69. The molecule has 8 heteroatoms. The van der Waals surface area contributed by atoms with Crippen LogP contribution in [0.25, 0.3) is 0 Å². The van der Waals surface area contributed by atoms with Crippen molar-refractivity contribution in [2.24, 2.45) is 0 Å². The van der Waals surface area contributed by atoms with Crippen molar-refractivity contribution >= 4 is 12.1 Å². The molecule has 0 radical (unpaired) electrons. The fraction of sp³-hybridized carbons (Fsp3) is 0.619. The van der Waals surface area contributed by atoms with Gasteiger partial charge in [0.05, 0.1) is 6.54 Å². The van der Waals surface area contributed by atoms with Crippen LogP contribution in [0, 0.1) is 0 Å². The van der Waals surface area contributed by atoms with Gasteiger partial charge in [-0.25, -0.2) is 4.79 Å². The van der Waals surface area contributed by atoms with Crippen molar-refractivity contribution in [2.45, 2.75) is 45.8 Å². The second-order valence-corrected chi connectivity index (χ2v) is 8.05. The number of esters is 1. The SMILES string of the molecule is CCN(C(=O)OCC(C)(C)OC(=O)CN(C)C)C(C)Cc1ccc2c(c1)OCO2. The summed E-state index contributed by atoms with van der Waals surface area (Å²) >= 11 is 0. The van der Waals surface area contributed by atoms with Crippen LogP contribution in [0.2, 0.25) is 0 Å². The van der Waals surface area contributed by atoms with E-state index in [1.54, 1.807) is 37.7 Å². The Morgan fingerprint density at radius 3 is 2.55 bits per heavy atom. The lowest BCUT2D eigenvalue weighted by atomic mass is 10.1. The summed E-state index contributed by atoms with van der Waals surface area (Å²) in [4.78, 5) is 27.9. The molecule has 0 bridgehead atoms. The highest BCUT2D eigenvalue weighted by atomic mass is 16.7. The van der Waals surface area contributed by atoms with E-state index in [9.17, 15) is 9.59 Å². The molecule has 1 amide bonds. The first kappa shape index (κ1) is 22.8. The highest BCUT2D eigenvalue weighted by Gasteiger charge is 2.28. The molecule has 1 aromatic carbocycles. The molecule has 1 aliphatic rings. The molecule has 1 heterocycles. The third-order valence-corrected chi connectivity index (χ3v) is 4.45. The second kappa shape index (κ2) is 9.82. The molecule has 0 spiro atoms. The number of hydrogen-bond acceptors (Lipinski definition) is 7. The molecule has 29 heavy (non-hydrogen) atoms. The van der Waals surface area contributed by atoms with Gasteiger partial charge in [0.2, 0.25) is 6.79 Å². The molecule has 1 aromatic rings. The van der Waals surface area contributed by atoms with Crippen LogP contribution in [0.3, 0.4) is 0 Å². The monoisotopic (exact) mass is 408 g/mol. The average Bonchev–Trinajstić information content (AvgIpc) is 3.07. The van der Waals surface area contributed by atoms with Gasteiger partial charge in [-0.3, -0.25) is 9.69 Å². The van der Waals surface area contributed by atoms with E-state index in [0.717, 1.165) is 17.1 Å². The molecule has 0 fully saturated rings. The largest absolute Gasteiger partial charge is 0.455 e. The van der Waals surface area contributed by atoms with Crippen molar-refractivity contribution in [3.05, 3.63) is 23.8 Å². The molecule has 1 atom stereocenters. The Labute approximate surface area is 172 Å². The number of carbonyl (C=O) groups excluding carboxylic acids is 2. The van der Waals surface area contributed by atoms with Crippen molar-refractivity contribution in [1.29, 1.82) is 0 Å². The number of fused-ring (bicyclic) bond motifs is 1. The average molecular weight is 408 g/mol. The molecular formula is C21H32N2O6. The Morgan fingerprint density at radius 1 is 1.21 bits per heavy atom. The summed E-state index contributed by atoms with van der Waals surface area (Å²) in [5.74, 6) is 1.10. The van der Waals surface area contributed by atoms with Crippen molar-refractivity contribution in [2.75, 3.05) is 40.6 Å². The molecule has 2 rings (SSSR count). The van der Waals surface area contributed by atoms with Crippen LogP contribution in [-0.4, -0.2) is 74.1 Å². The molecule has 0 N–H and O–H groups in total. The molecular weight excluding hydrogens is 376 g/mol. The number of likely N-dealkylation sites (N-methyl/N-ethyl adjacent to an activating group) is 2. The molecule has 1 unspecified atom stereocenters. The standard InChI is InChI=1S/C21H32N2O6/c1-7-23(15(2)10-16-8-9-17-18(11-16)28-14-27-17)20(25)26-13-21(3,4)29-19(24)12-22(5)6/h8-9,11,15H,7,10,12-14H2,1-6H3. The summed E-state index contributed by atoms with van der Waals surface area (Å²) in [7, 11) is 3.57. The van der Waals surface area contributed by atoms with Crippen molar-refractivity contribution in [3.63, 3.8) is 0 Å². The first-order chi connectivity index (χ1) is 13.6. The lowest BCUT2D eigenvalue weighted by molar-refractivity contribution is -0.161. The van der Waals surface area contributed by atoms with E-state index in [1.807, 2.05) is 32.0 Å². The van der Waals surface area contributed by atoms with Gasteiger partial charge < -0.3 is 23.8 Å².